The van der Waals surface area contributed by atoms with Gasteiger partial charge in [0.05, 0.1) is 0 Å². The molecule has 1 aromatic rings. The van der Waals surface area contributed by atoms with E-state index in [-0.39, 0.29) is 17.3 Å². The van der Waals surface area contributed by atoms with Crippen molar-refractivity contribution in [1.82, 2.24) is 0 Å². The summed E-state index contributed by atoms with van der Waals surface area (Å²) in [6.07, 6.45) is 13.9. The van der Waals surface area contributed by atoms with Crippen LogP contribution in [0.25, 0.3) is 0 Å². The Morgan fingerprint density at radius 1 is 0.920 bits per heavy atom. The molecule has 6 heteroatoms. The van der Waals surface area contributed by atoms with E-state index < -0.39 is 15.9 Å². The van der Waals surface area contributed by atoms with Gasteiger partial charge < -0.3 is 4.42 Å². The molecule has 144 valence electrons. The fourth-order valence-electron chi connectivity index (χ4n) is 2.86. The standard InChI is InChI=1S/C19H32O5S/c1-2-3-4-5-6-7-8-9-10-11-12-13-18(20)19-15-14-17(24-19)16-25(21,22)23/h14-15H,2-13,16H2,1H3,(H,21,22,23). The van der Waals surface area contributed by atoms with Gasteiger partial charge in [0, 0.05) is 6.42 Å². The number of unbranched alkanes of at least 4 members (excludes halogenated alkanes) is 10. The third-order valence-electron chi connectivity index (χ3n) is 4.27. The maximum atomic E-state index is 12.0. The molecule has 0 amide bonds. The molecule has 0 fully saturated rings. The number of ketones is 1. The van der Waals surface area contributed by atoms with Crippen molar-refractivity contribution < 1.29 is 22.2 Å². The normalized spacial score (nSPS) is 11.8. The van der Waals surface area contributed by atoms with Crippen LogP contribution in [0.1, 0.15) is 100 Å². The Hall–Kier alpha value is -1.14. The summed E-state index contributed by atoms with van der Waals surface area (Å²) >= 11 is 0. The summed E-state index contributed by atoms with van der Waals surface area (Å²) in [5, 5.41) is 0. The van der Waals surface area contributed by atoms with E-state index in [2.05, 4.69) is 6.92 Å². The van der Waals surface area contributed by atoms with E-state index in [0.29, 0.717) is 6.42 Å². The van der Waals surface area contributed by atoms with Gasteiger partial charge >= 0.3 is 0 Å². The van der Waals surface area contributed by atoms with Crippen molar-refractivity contribution in [2.24, 2.45) is 0 Å². The molecule has 1 rings (SSSR count). The first-order chi connectivity index (χ1) is 11.9. The third-order valence-corrected chi connectivity index (χ3v) is 4.92. The van der Waals surface area contributed by atoms with E-state index in [1.54, 1.807) is 0 Å². The lowest BCUT2D eigenvalue weighted by atomic mass is 10.0. The van der Waals surface area contributed by atoms with Crippen molar-refractivity contribution in [2.75, 3.05) is 0 Å². The van der Waals surface area contributed by atoms with E-state index in [1.165, 1.54) is 63.5 Å². The highest BCUT2D eigenvalue weighted by Crippen LogP contribution is 2.16. The number of rotatable bonds is 15. The molecular formula is C19H32O5S. The van der Waals surface area contributed by atoms with Crippen LogP contribution in [0.15, 0.2) is 16.5 Å². The Morgan fingerprint density at radius 2 is 1.44 bits per heavy atom. The number of hydrogen-bond donors (Lipinski definition) is 1. The van der Waals surface area contributed by atoms with E-state index in [1.807, 2.05) is 0 Å². The number of carbonyl (C=O) groups excluding carboxylic acids is 1. The summed E-state index contributed by atoms with van der Waals surface area (Å²) in [5.74, 6) is -0.452. The first kappa shape index (κ1) is 21.9. The van der Waals surface area contributed by atoms with Gasteiger partial charge in [0.25, 0.3) is 10.1 Å². The summed E-state index contributed by atoms with van der Waals surface area (Å²) in [6, 6.07) is 2.89. The summed E-state index contributed by atoms with van der Waals surface area (Å²) in [5.41, 5.74) is 0. The van der Waals surface area contributed by atoms with Crippen LogP contribution in [0.4, 0.5) is 0 Å². The smallest absolute Gasteiger partial charge is 0.272 e. The Bertz CT molecular complexity index is 589. The molecule has 0 bridgehead atoms. The molecule has 0 aliphatic rings. The summed E-state index contributed by atoms with van der Waals surface area (Å²) < 4.78 is 35.5. The molecule has 5 nitrogen and oxygen atoms in total. The fraction of sp³-hybridized carbons (Fsp3) is 0.737. The maximum absolute atomic E-state index is 12.0. The third kappa shape index (κ3) is 11.2. The molecule has 0 spiro atoms. The van der Waals surface area contributed by atoms with Crippen molar-refractivity contribution in [3.63, 3.8) is 0 Å². The lowest BCUT2D eigenvalue weighted by molar-refractivity contribution is 0.0950. The van der Waals surface area contributed by atoms with Gasteiger partial charge in [-0.25, -0.2) is 0 Å². The molecule has 0 aliphatic heterocycles. The molecule has 25 heavy (non-hydrogen) atoms. The van der Waals surface area contributed by atoms with Gasteiger partial charge in [0.2, 0.25) is 0 Å². The van der Waals surface area contributed by atoms with E-state index in [4.69, 9.17) is 8.97 Å². The topological polar surface area (TPSA) is 84.6 Å². The zero-order valence-electron chi connectivity index (χ0n) is 15.3. The van der Waals surface area contributed by atoms with Crippen molar-refractivity contribution in [3.05, 3.63) is 23.7 Å². The predicted octanol–water partition coefficient (Wildman–Crippen LogP) is 5.55. The molecular weight excluding hydrogens is 340 g/mol. The van der Waals surface area contributed by atoms with E-state index >= 15 is 0 Å². The first-order valence-corrected chi connectivity index (χ1v) is 11.1. The van der Waals surface area contributed by atoms with Gasteiger partial charge in [-0.05, 0) is 18.6 Å². The van der Waals surface area contributed by atoms with Gasteiger partial charge in [0.1, 0.15) is 11.5 Å². The Morgan fingerprint density at radius 3 is 1.96 bits per heavy atom. The second kappa shape index (κ2) is 12.3. The molecule has 0 saturated carbocycles. The molecule has 1 heterocycles. The first-order valence-electron chi connectivity index (χ1n) is 9.49. The van der Waals surface area contributed by atoms with E-state index in [0.717, 1.165) is 19.3 Å². The zero-order chi connectivity index (χ0) is 18.5. The van der Waals surface area contributed by atoms with Crippen LogP contribution in [0, 0.1) is 0 Å². The molecule has 0 atom stereocenters. The second-order valence-corrected chi connectivity index (χ2v) is 8.15. The van der Waals surface area contributed by atoms with Gasteiger partial charge in [0.15, 0.2) is 11.5 Å². The quantitative estimate of drug-likeness (QED) is 0.248. The van der Waals surface area contributed by atoms with Crippen molar-refractivity contribution in [2.45, 2.75) is 89.7 Å². The Balaban J connectivity index is 2.05. The summed E-state index contributed by atoms with van der Waals surface area (Å²) in [6.45, 7) is 2.23. The van der Waals surface area contributed by atoms with Crippen LogP contribution >= 0.6 is 0 Å². The number of carbonyl (C=O) groups is 1. The molecule has 1 aromatic heterocycles. The van der Waals surface area contributed by atoms with Crippen LogP contribution < -0.4 is 0 Å². The largest absolute Gasteiger partial charge is 0.457 e. The molecule has 0 unspecified atom stereocenters. The molecule has 0 saturated heterocycles. The molecule has 1 N–H and O–H groups in total. The van der Waals surface area contributed by atoms with Crippen LogP contribution in [-0.2, 0) is 15.9 Å². The van der Waals surface area contributed by atoms with E-state index in [9.17, 15) is 13.2 Å². The Labute approximate surface area is 151 Å². The maximum Gasteiger partial charge on any atom is 0.272 e. The van der Waals surface area contributed by atoms with Crippen molar-refractivity contribution >= 4 is 15.9 Å². The second-order valence-electron chi connectivity index (χ2n) is 6.70. The lowest BCUT2D eigenvalue weighted by Crippen LogP contribution is -2.00. The highest BCUT2D eigenvalue weighted by molar-refractivity contribution is 7.84. The van der Waals surface area contributed by atoms with Crippen LogP contribution in [0.5, 0.6) is 0 Å². The molecule has 0 radical (unpaired) electrons. The summed E-state index contributed by atoms with van der Waals surface area (Å²) in [4.78, 5) is 12.0. The molecule has 0 aliphatic carbocycles. The van der Waals surface area contributed by atoms with Crippen LogP contribution in [-0.4, -0.2) is 18.8 Å². The number of hydrogen-bond acceptors (Lipinski definition) is 4. The fourth-order valence-corrected chi connectivity index (χ4v) is 3.37. The van der Waals surface area contributed by atoms with Gasteiger partial charge in [-0.1, -0.05) is 71.1 Å². The highest BCUT2D eigenvalue weighted by atomic mass is 32.2. The molecule has 0 aromatic carbocycles. The minimum atomic E-state index is -4.13. The average molecular weight is 373 g/mol. The van der Waals surface area contributed by atoms with Crippen LogP contribution in [0.2, 0.25) is 0 Å². The van der Waals surface area contributed by atoms with Gasteiger partial charge in [-0.3, -0.25) is 9.35 Å². The van der Waals surface area contributed by atoms with Gasteiger partial charge in [-0.15, -0.1) is 0 Å². The lowest BCUT2D eigenvalue weighted by Gasteiger charge is -2.02. The number of furan rings is 1. The predicted molar refractivity (Wildman–Crippen MR) is 99.4 cm³/mol. The van der Waals surface area contributed by atoms with Gasteiger partial charge in [-0.2, -0.15) is 8.42 Å². The zero-order valence-corrected chi connectivity index (χ0v) is 16.2. The van der Waals surface area contributed by atoms with Crippen molar-refractivity contribution in [3.8, 4) is 0 Å². The Kier molecular flexibility index (Phi) is 10.7. The highest BCUT2D eigenvalue weighted by Gasteiger charge is 2.14. The van der Waals surface area contributed by atoms with Crippen LogP contribution in [0.3, 0.4) is 0 Å². The summed E-state index contributed by atoms with van der Waals surface area (Å²) in [7, 11) is -4.13. The number of Topliss-reactive ketones (excluding diaryl/α,β-unsaturated/α-hetero) is 1. The monoisotopic (exact) mass is 372 g/mol. The average Bonchev–Trinajstić information content (AvgIpc) is 2.99. The minimum absolute atomic E-state index is 0.0878. The van der Waals surface area contributed by atoms with Crippen molar-refractivity contribution in [1.29, 1.82) is 0 Å². The minimum Gasteiger partial charge on any atom is -0.457 e. The SMILES string of the molecule is CCCCCCCCCCCCCC(=O)c1ccc(CS(=O)(=O)O)o1.